The molecule has 0 aliphatic carbocycles. The lowest BCUT2D eigenvalue weighted by atomic mass is 10.1. The summed E-state index contributed by atoms with van der Waals surface area (Å²) in [5.41, 5.74) is 0. The molecule has 1 atom stereocenters. The van der Waals surface area contributed by atoms with Crippen molar-refractivity contribution in [3.05, 3.63) is 12.3 Å². The van der Waals surface area contributed by atoms with E-state index in [1.165, 1.54) is 0 Å². The highest BCUT2D eigenvalue weighted by molar-refractivity contribution is 5.27. The second kappa shape index (κ2) is 5.82. The summed E-state index contributed by atoms with van der Waals surface area (Å²) in [4.78, 5) is 8.45. The minimum atomic E-state index is 0.126. The fourth-order valence-electron chi connectivity index (χ4n) is 1.71. The van der Waals surface area contributed by atoms with E-state index in [0.29, 0.717) is 17.7 Å². The van der Waals surface area contributed by atoms with Crippen molar-refractivity contribution in [3.63, 3.8) is 0 Å². The maximum atomic E-state index is 5.51. The van der Waals surface area contributed by atoms with E-state index in [1.54, 1.807) is 12.3 Å². The Balaban J connectivity index is 1.86. The van der Waals surface area contributed by atoms with E-state index in [-0.39, 0.29) is 6.10 Å². The van der Waals surface area contributed by atoms with Crippen LogP contribution in [0.3, 0.4) is 0 Å². The van der Waals surface area contributed by atoms with Crippen LogP contribution < -0.4 is 10.1 Å². The molecule has 0 spiro atoms. The molecule has 1 unspecified atom stereocenters. The molecule has 1 aromatic rings. The number of ether oxygens (including phenoxy) is 2. The highest BCUT2D eigenvalue weighted by Gasteiger charge is 2.15. The average molecular weight is 237 g/mol. The van der Waals surface area contributed by atoms with Crippen LogP contribution in [0.5, 0.6) is 5.88 Å². The molecule has 1 aliphatic heterocycles. The van der Waals surface area contributed by atoms with Crippen LogP contribution in [0.1, 0.15) is 20.3 Å². The van der Waals surface area contributed by atoms with Crippen LogP contribution in [-0.4, -0.2) is 35.8 Å². The van der Waals surface area contributed by atoms with Crippen LogP contribution in [0.15, 0.2) is 12.3 Å². The van der Waals surface area contributed by atoms with Crippen LogP contribution in [0.2, 0.25) is 0 Å². The molecule has 1 saturated heterocycles. The van der Waals surface area contributed by atoms with Crippen LogP contribution in [-0.2, 0) is 4.74 Å². The van der Waals surface area contributed by atoms with Crippen molar-refractivity contribution in [1.29, 1.82) is 0 Å². The average Bonchev–Trinajstić information content (AvgIpc) is 2.79. The lowest BCUT2D eigenvalue weighted by Gasteiger charge is -2.11. The highest BCUT2D eigenvalue weighted by Crippen LogP contribution is 2.14. The molecule has 0 amide bonds. The van der Waals surface area contributed by atoms with E-state index in [9.17, 15) is 0 Å². The minimum absolute atomic E-state index is 0.126. The summed E-state index contributed by atoms with van der Waals surface area (Å²) in [5.74, 6) is 1.79. The smallest absolute Gasteiger partial charge is 0.225 e. The van der Waals surface area contributed by atoms with Crippen molar-refractivity contribution in [1.82, 2.24) is 9.97 Å². The van der Waals surface area contributed by atoms with Gasteiger partial charge in [0.05, 0.1) is 12.7 Å². The normalized spacial score (nSPS) is 19.6. The van der Waals surface area contributed by atoms with E-state index in [1.807, 2.05) is 13.8 Å². The zero-order valence-electron chi connectivity index (χ0n) is 10.3. The van der Waals surface area contributed by atoms with Crippen molar-refractivity contribution < 1.29 is 9.47 Å². The van der Waals surface area contributed by atoms with Crippen molar-refractivity contribution in [3.8, 4) is 5.88 Å². The zero-order valence-corrected chi connectivity index (χ0v) is 10.3. The van der Waals surface area contributed by atoms with Crippen molar-refractivity contribution in [2.75, 3.05) is 25.1 Å². The number of nitrogens with one attached hydrogen (secondary N) is 1. The first-order chi connectivity index (χ1) is 8.24. The second-order valence-electron chi connectivity index (χ2n) is 4.50. The molecule has 17 heavy (non-hydrogen) atoms. The summed E-state index contributed by atoms with van der Waals surface area (Å²) in [6.45, 7) is 6.50. The van der Waals surface area contributed by atoms with Crippen LogP contribution >= 0.6 is 0 Å². The quantitative estimate of drug-likeness (QED) is 0.845. The molecule has 1 fully saturated rings. The Bertz CT molecular complexity index is 351. The first-order valence-electron chi connectivity index (χ1n) is 6.05. The Morgan fingerprint density at radius 3 is 3.18 bits per heavy atom. The van der Waals surface area contributed by atoms with Gasteiger partial charge in [-0.05, 0) is 20.3 Å². The summed E-state index contributed by atoms with van der Waals surface area (Å²) in [5, 5.41) is 3.22. The van der Waals surface area contributed by atoms with Gasteiger partial charge in [0.15, 0.2) is 0 Å². The van der Waals surface area contributed by atoms with Crippen LogP contribution in [0.4, 0.5) is 5.95 Å². The molecule has 94 valence electrons. The number of hydrogen-bond acceptors (Lipinski definition) is 5. The minimum Gasteiger partial charge on any atom is -0.475 e. The number of anilines is 1. The van der Waals surface area contributed by atoms with E-state index in [0.717, 1.165) is 26.2 Å². The van der Waals surface area contributed by atoms with Gasteiger partial charge in [0.25, 0.3) is 0 Å². The summed E-state index contributed by atoms with van der Waals surface area (Å²) in [6.07, 6.45) is 2.94. The van der Waals surface area contributed by atoms with Crippen molar-refractivity contribution >= 4 is 5.95 Å². The Kier molecular flexibility index (Phi) is 4.14. The first kappa shape index (κ1) is 12.1. The molecule has 0 radical (unpaired) electrons. The predicted octanol–water partition coefficient (Wildman–Crippen LogP) is 1.71. The molecule has 5 heteroatoms. The van der Waals surface area contributed by atoms with Gasteiger partial charge in [0.2, 0.25) is 11.8 Å². The van der Waals surface area contributed by atoms with Crippen molar-refractivity contribution in [2.24, 2.45) is 5.92 Å². The van der Waals surface area contributed by atoms with E-state index in [2.05, 4.69) is 15.3 Å². The number of nitrogens with zero attached hydrogens (tertiary/aromatic N) is 2. The van der Waals surface area contributed by atoms with Gasteiger partial charge in [-0.25, -0.2) is 4.98 Å². The maximum absolute atomic E-state index is 5.51. The molecule has 1 aliphatic rings. The topological polar surface area (TPSA) is 56.3 Å². The molecule has 0 bridgehead atoms. The predicted molar refractivity (Wildman–Crippen MR) is 65.2 cm³/mol. The third kappa shape index (κ3) is 3.85. The van der Waals surface area contributed by atoms with Gasteiger partial charge in [-0.3, -0.25) is 0 Å². The molecule has 2 rings (SSSR count). The van der Waals surface area contributed by atoms with E-state index in [4.69, 9.17) is 9.47 Å². The molecular formula is C12H19N3O2. The van der Waals surface area contributed by atoms with Gasteiger partial charge in [0.1, 0.15) is 0 Å². The number of rotatable bonds is 5. The molecule has 0 saturated carbocycles. The first-order valence-corrected chi connectivity index (χ1v) is 6.05. The van der Waals surface area contributed by atoms with Gasteiger partial charge in [-0.2, -0.15) is 4.98 Å². The van der Waals surface area contributed by atoms with Gasteiger partial charge in [-0.15, -0.1) is 0 Å². The Morgan fingerprint density at radius 2 is 2.47 bits per heavy atom. The maximum Gasteiger partial charge on any atom is 0.225 e. The number of aromatic nitrogens is 2. The number of hydrogen-bond donors (Lipinski definition) is 1. The second-order valence-corrected chi connectivity index (χ2v) is 4.50. The van der Waals surface area contributed by atoms with Crippen LogP contribution in [0.25, 0.3) is 0 Å². The van der Waals surface area contributed by atoms with Gasteiger partial charge >= 0.3 is 0 Å². The third-order valence-electron chi connectivity index (χ3n) is 2.56. The van der Waals surface area contributed by atoms with Gasteiger partial charge in [0, 0.05) is 31.3 Å². The monoisotopic (exact) mass is 237 g/mol. The third-order valence-corrected chi connectivity index (χ3v) is 2.56. The van der Waals surface area contributed by atoms with Crippen LogP contribution in [0, 0.1) is 5.92 Å². The lowest BCUT2D eigenvalue weighted by molar-refractivity contribution is 0.187. The summed E-state index contributed by atoms with van der Waals surface area (Å²) < 4.78 is 10.8. The molecule has 1 aromatic heterocycles. The van der Waals surface area contributed by atoms with Crippen molar-refractivity contribution in [2.45, 2.75) is 26.4 Å². The molecule has 2 heterocycles. The summed E-state index contributed by atoms with van der Waals surface area (Å²) in [6, 6.07) is 1.77. The van der Waals surface area contributed by atoms with Gasteiger partial charge < -0.3 is 14.8 Å². The largest absolute Gasteiger partial charge is 0.475 e. The fourth-order valence-corrected chi connectivity index (χ4v) is 1.71. The molecule has 1 N–H and O–H groups in total. The van der Waals surface area contributed by atoms with Gasteiger partial charge in [-0.1, -0.05) is 0 Å². The molecular weight excluding hydrogens is 218 g/mol. The van der Waals surface area contributed by atoms with E-state index < -0.39 is 0 Å². The molecule has 0 aromatic carbocycles. The van der Waals surface area contributed by atoms with E-state index >= 15 is 0 Å². The molecule has 5 nitrogen and oxygen atoms in total. The standard InChI is InChI=1S/C12H19N3O2/c1-9(2)17-11-3-5-13-12(15-11)14-7-10-4-6-16-8-10/h3,5,9-10H,4,6-8H2,1-2H3,(H,13,14,15). The Hall–Kier alpha value is -1.36. The zero-order chi connectivity index (χ0) is 12.1. The Morgan fingerprint density at radius 1 is 1.59 bits per heavy atom. The highest BCUT2D eigenvalue weighted by atomic mass is 16.5. The fraction of sp³-hybridized carbons (Fsp3) is 0.667. The summed E-state index contributed by atoms with van der Waals surface area (Å²) >= 11 is 0. The SMILES string of the molecule is CC(C)Oc1ccnc(NCC2CCOC2)n1. The Labute approximate surface area is 102 Å². The summed E-state index contributed by atoms with van der Waals surface area (Å²) in [7, 11) is 0. The lowest BCUT2D eigenvalue weighted by Crippen LogP contribution is -2.16.